The molecule has 1 aliphatic carbocycles. The molecular weight excluding hydrogens is 332 g/mol. The molecular formula is C19H23N4O3. The molecule has 2 aliphatic heterocycles. The molecule has 7 heteroatoms. The fourth-order valence-corrected chi connectivity index (χ4v) is 4.64. The lowest BCUT2D eigenvalue weighted by atomic mass is 9.62. The molecule has 0 aromatic heterocycles. The molecule has 2 saturated heterocycles. The molecule has 137 valence electrons. The third-order valence-corrected chi connectivity index (χ3v) is 6.06. The van der Waals surface area contributed by atoms with Gasteiger partial charge in [0.25, 0.3) is 0 Å². The van der Waals surface area contributed by atoms with Crippen molar-refractivity contribution in [3.63, 3.8) is 0 Å². The number of nitrogens with zero attached hydrogens (tertiary/aromatic N) is 2. The maximum atomic E-state index is 12.8. The van der Waals surface area contributed by atoms with E-state index in [0.717, 1.165) is 31.2 Å². The number of anilines is 1. The van der Waals surface area contributed by atoms with Gasteiger partial charge in [0.2, 0.25) is 11.8 Å². The molecule has 1 unspecified atom stereocenters. The van der Waals surface area contributed by atoms with Gasteiger partial charge in [-0.15, -0.1) is 0 Å². The summed E-state index contributed by atoms with van der Waals surface area (Å²) in [4.78, 5) is 39.4. The number of carbonyl (C=O) groups is 3. The molecule has 1 aromatic rings. The number of urea groups is 1. The molecule has 2 heterocycles. The van der Waals surface area contributed by atoms with Crippen molar-refractivity contribution in [2.45, 2.75) is 49.6 Å². The standard InChI is InChI=1S/C19H23N4O3/c20-15(24)11-19(8-2-9-19)12-4-6-13(7-5-12)23-16(17(21)25)14-3-1-10-22(14)18(23)26/h3-7,14,16H,1-2,8-11H2,(H2,20,24)(H2,21,25)/t14-,16?/m1/s1. The molecule has 4 amide bonds. The van der Waals surface area contributed by atoms with Crippen molar-refractivity contribution in [2.75, 3.05) is 11.4 Å². The van der Waals surface area contributed by atoms with Gasteiger partial charge in [0, 0.05) is 24.1 Å². The van der Waals surface area contributed by atoms with Crippen molar-refractivity contribution < 1.29 is 14.4 Å². The number of hydrogen-bond donors (Lipinski definition) is 2. The molecule has 1 radical (unpaired) electrons. The maximum absolute atomic E-state index is 12.8. The molecule has 0 bridgehead atoms. The van der Waals surface area contributed by atoms with E-state index in [0.29, 0.717) is 18.7 Å². The second-order valence-corrected chi connectivity index (χ2v) is 7.53. The van der Waals surface area contributed by atoms with Crippen LogP contribution in [0.4, 0.5) is 10.5 Å². The Morgan fingerprint density at radius 1 is 1.15 bits per heavy atom. The zero-order valence-corrected chi connectivity index (χ0v) is 14.6. The van der Waals surface area contributed by atoms with Crippen molar-refractivity contribution in [1.82, 2.24) is 4.90 Å². The van der Waals surface area contributed by atoms with Crippen LogP contribution in [0.2, 0.25) is 0 Å². The smallest absolute Gasteiger partial charge is 0.325 e. The highest BCUT2D eigenvalue weighted by molar-refractivity contribution is 6.04. The average Bonchev–Trinajstić information content (AvgIpc) is 3.13. The topological polar surface area (TPSA) is 110 Å². The fourth-order valence-electron chi connectivity index (χ4n) is 4.64. The third-order valence-electron chi connectivity index (χ3n) is 6.06. The highest BCUT2D eigenvalue weighted by Gasteiger charge is 2.51. The van der Waals surface area contributed by atoms with Crippen molar-refractivity contribution in [3.8, 4) is 0 Å². The third kappa shape index (κ3) is 2.45. The summed E-state index contributed by atoms with van der Waals surface area (Å²) in [6.45, 7) is 0.615. The van der Waals surface area contributed by atoms with E-state index in [1.807, 2.05) is 30.7 Å². The Labute approximate surface area is 152 Å². The first-order chi connectivity index (χ1) is 12.4. The molecule has 7 nitrogen and oxygen atoms in total. The van der Waals surface area contributed by atoms with E-state index < -0.39 is 11.9 Å². The summed E-state index contributed by atoms with van der Waals surface area (Å²) in [5, 5.41) is 0. The van der Waals surface area contributed by atoms with Crippen LogP contribution in [0.3, 0.4) is 0 Å². The first-order valence-corrected chi connectivity index (χ1v) is 9.04. The summed E-state index contributed by atoms with van der Waals surface area (Å²) in [5.41, 5.74) is 12.5. The van der Waals surface area contributed by atoms with E-state index in [9.17, 15) is 14.4 Å². The summed E-state index contributed by atoms with van der Waals surface area (Å²) in [6.07, 6.45) is 6.05. The summed E-state index contributed by atoms with van der Waals surface area (Å²) >= 11 is 0. The predicted octanol–water partition coefficient (Wildman–Crippen LogP) is 1.06. The van der Waals surface area contributed by atoms with E-state index in [1.54, 1.807) is 4.90 Å². The normalized spacial score (nSPS) is 26.5. The monoisotopic (exact) mass is 355 g/mol. The first kappa shape index (κ1) is 16.9. The van der Waals surface area contributed by atoms with Gasteiger partial charge in [0.05, 0.1) is 6.04 Å². The van der Waals surface area contributed by atoms with Crippen molar-refractivity contribution in [1.29, 1.82) is 0 Å². The minimum atomic E-state index is -0.681. The van der Waals surface area contributed by atoms with Gasteiger partial charge in [-0.25, -0.2) is 4.79 Å². The molecule has 26 heavy (non-hydrogen) atoms. The minimum Gasteiger partial charge on any atom is -0.370 e. The van der Waals surface area contributed by atoms with Gasteiger partial charge in [-0.3, -0.25) is 14.5 Å². The number of benzene rings is 1. The van der Waals surface area contributed by atoms with Gasteiger partial charge in [-0.05, 0) is 43.4 Å². The molecule has 0 spiro atoms. The van der Waals surface area contributed by atoms with E-state index in [-0.39, 0.29) is 23.4 Å². The van der Waals surface area contributed by atoms with Crippen LogP contribution in [-0.4, -0.2) is 41.4 Å². The minimum absolute atomic E-state index is 0.184. The molecule has 4 N–H and O–H groups in total. The molecule has 3 fully saturated rings. The number of fused-ring (bicyclic) bond motifs is 1. The Hall–Kier alpha value is -2.57. The second kappa shape index (κ2) is 6.00. The largest absolute Gasteiger partial charge is 0.370 e. The summed E-state index contributed by atoms with van der Waals surface area (Å²) < 4.78 is 0. The van der Waals surface area contributed by atoms with Crippen LogP contribution in [0, 0.1) is 6.42 Å². The van der Waals surface area contributed by atoms with E-state index in [1.165, 1.54) is 4.90 Å². The van der Waals surface area contributed by atoms with Gasteiger partial charge in [0.1, 0.15) is 6.04 Å². The SMILES string of the molecule is NC(=O)CC1(c2ccc(N3C(=O)N4CC[CH][C@@H]4C3C(N)=O)cc2)CCC1. The lowest BCUT2D eigenvalue weighted by Gasteiger charge is -2.42. The van der Waals surface area contributed by atoms with E-state index in [2.05, 4.69) is 0 Å². The number of amides is 4. The Balaban J connectivity index is 1.63. The highest BCUT2D eigenvalue weighted by Crippen LogP contribution is 2.47. The van der Waals surface area contributed by atoms with Crippen LogP contribution in [0.15, 0.2) is 24.3 Å². The van der Waals surface area contributed by atoms with Crippen LogP contribution in [0.25, 0.3) is 0 Å². The van der Waals surface area contributed by atoms with Gasteiger partial charge in [-0.2, -0.15) is 0 Å². The predicted molar refractivity (Wildman–Crippen MR) is 96.1 cm³/mol. The molecule has 4 rings (SSSR count). The van der Waals surface area contributed by atoms with Gasteiger partial charge in [0.15, 0.2) is 0 Å². The van der Waals surface area contributed by atoms with E-state index in [4.69, 9.17) is 11.5 Å². The van der Waals surface area contributed by atoms with Gasteiger partial charge in [-0.1, -0.05) is 18.6 Å². The second-order valence-electron chi connectivity index (χ2n) is 7.53. The zero-order chi connectivity index (χ0) is 18.5. The Morgan fingerprint density at radius 3 is 2.38 bits per heavy atom. The molecule has 3 aliphatic rings. The average molecular weight is 355 g/mol. The lowest BCUT2D eigenvalue weighted by molar-refractivity contribution is -0.120. The summed E-state index contributed by atoms with van der Waals surface area (Å²) in [7, 11) is 0. The van der Waals surface area contributed by atoms with Crippen LogP contribution in [0.1, 0.15) is 37.7 Å². The Kier molecular flexibility index (Phi) is 3.89. The number of primary amides is 2. The van der Waals surface area contributed by atoms with Gasteiger partial charge >= 0.3 is 6.03 Å². The van der Waals surface area contributed by atoms with Crippen LogP contribution >= 0.6 is 0 Å². The molecule has 1 saturated carbocycles. The fraction of sp³-hybridized carbons (Fsp3) is 0.474. The number of nitrogens with two attached hydrogens (primary N) is 2. The number of rotatable bonds is 5. The van der Waals surface area contributed by atoms with Crippen LogP contribution < -0.4 is 16.4 Å². The van der Waals surface area contributed by atoms with Crippen LogP contribution in [-0.2, 0) is 15.0 Å². The summed E-state index contributed by atoms with van der Waals surface area (Å²) in [5.74, 6) is -0.800. The van der Waals surface area contributed by atoms with Crippen LogP contribution in [0.5, 0.6) is 0 Å². The lowest BCUT2D eigenvalue weighted by Crippen LogP contribution is -2.47. The van der Waals surface area contributed by atoms with Gasteiger partial charge < -0.3 is 16.4 Å². The Morgan fingerprint density at radius 2 is 1.85 bits per heavy atom. The highest BCUT2D eigenvalue weighted by atomic mass is 16.2. The number of hydrogen-bond acceptors (Lipinski definition) is 3. The van der Waals surface area contributed by atoms with Crippen molar-refractivity contribution >= 4 is 23.5 Å². The number of carbonyl (C=O) groups excluding carboxylic acids is 3. The molecule has 2 atom stereocenters. The van der Waals surface area contributed by atoms with Crippen molar-refractivity contribution in [2.24, 2.45) is 11.5 Å². The zero-order valence-electron chi connectivity index (χ0n) is 14.6. The summed E-state index contributed by atoms with van der Waals surface area (Å²) in [6, 6.07) is 6.44. The first-order valence-electron chi connectivity index (χ1n) is 9.04. The van der Waals surface area contributed by atoms with E-state index >= 15 is 0 Å². The maximum Gasteiger partial charge on any atom is 0.325 e. The quantitative estimate of drug-likeness (QED) is 0.824. The Bertz CT molecular complexity index is 757. The van der Waals surface area contributed by atoms with Crippen molar-refractivity contribution in [3.05, 3.63) is 36.2 Å². The molecule has 1 aromatic carbocycles.